The number of nitrogens with zero attached hydrogens (tertiary/aromatic N) is 1. The summed E-state index contributed by atoms with van der Waals surface area (Å²) in [4.78, 5) is 24.2. The molecule has 6 heteroatoms. The number of nitrogens with one attached hydrogen (secondary N) is 1. The van der Waals surface area contributed by atoms with Gasteiger partial charge in [0.25, 0.3) is 0 Å². The Morgan fingerprint density at radius 2 is 2.20 bits per heavy atom. The lowest BCUT2D eigenvalue weighted by molar-refractivity contribution is -0.138. The van der Waals surface area contributed by atoms with Crippen LogP contribution < -0.4 is 5.32 Å². The van der Waals surface area contributed by atoms with Gasteiger partial charge in [0, 0.05) is 35.9 Å². The summed E-state index contributed by atoms with van der Waals surface area (Å²) in [6.07, 6.45) is 1.84. The molecule has 0 aromatic carbocycles. The molecule has 15 heavy (non-hydrogen) atoms. The molecule has 0 aliphatic carbocycles. The van der Waals surface area contributed by atoms with Crippen molar-refractivity contribution in [2.45, 2.75) is 19.4 Å². The van der Waals surface area contributed by atoms with E-state index in [1.165, 1.54) is 4.90 Å². The first-order valence-electron chi connectivity index (χ1n) is 4.94. The molecule has 1 heterocycles. The van der Waals surface area contributed by atoms with E-state index >= 15 is 0 Å². The Kier molecular flexibility index (Phi) is 4.41. The van der Waals surface area contributed by atoms with Crippen LogP contribution in [0.5, 0.6) is 0 Å². The average molecular weight is 232 g/mol. The fourth-order valence-corrected chi connectivity index (χ4v) is 1.96. The minimum Gasteiger partial charge on any atom is -0.305 e. The van der Waals surface area contributed by atoms with Crippen LogP contribution in [0.1, 0.15) is 13.3 Å². The smallest absolute Gasteiger partial charge is 0.246 e. The van der Waals surface area contributed by atoms with Crippen molar-refractivity contribution in [1.82, 2.24) is 10.2 Å². The Bertz CT molecular complexity index is 293. The monoisotopic (exact) mass is 232 g/mol. The van der Waals surface area contributed by atoms with Crippen LogP contribution in [0.25, 0.3) is 0 Å². The maximum absolute atomic E-state index is 11.6. The van der Waals surface area contributed by atoms with Crippen LogP contribution in [0.2, 0.25) is 0 Å². The molecule has 0 saturated carbocycles. The Balaban J connectivity index is 2.41. The fourth-order valence-electron chi connectivity index (χ4n) is 1.55. The average Bonchev–Trinajstić information content (AvgIpc) is 2.41. The summed E-state index contributed by atoms with van der Waals surface area (Å²) in [5, 5.41) is 2.95. The van der Waals surface area contributed by atoms with E-state index in [9.17, 15) is 13.8 Å². The molecule has 1 rings (SSSR count). The highest BCUT2D eigenvalue weighted by atomic mass is 32.2. The quantitative estimate of drug-likeness (QED) is 0.624. The van der Waals surface area contributed by atoms with Crippen LogP contribution in [0.4, 0.5) is 0 Å². The third-order valence-corrected chi connectivity index (χ3v) is 3.12. The van der Waals surface area contributed by atoms with Crippen LogP contribution in [0.3, 0.4) is 0 Å². The summed E-state index contributed by atoms with van der Waals surface area (Å²) >= 11 is 0. The number of hydrogen-bond acceptors (Lipinski definition) is 4. The number of carbonyl (C=O) groups is 2. The van der Waals surface area contributed by atoms with Gasteiger partial charge in [-0.1, -0.05) is 0 Å². The van der Waals surface area contributed by atoms with Gasteiger partial charge in [-0.15, -0.1) is 0 Å². The Morgan fingerprint density at radius 3 is 2.67 bits per heavy atom. The summed E-state index contributed by atoms with van der Waals surface area (Å²) in [6.45, 7) is 2.71. The van der Waals surface area contributed by atoms with E-state index in [1.54, 1.807) is 13.2 Å². The van der Waals surface area contributed by atoms with Crippen molar-refractivity contribution in [3.05, 3.63) is 0 Å². The Morgan fingerprint density at radius 1 is 1.53 bits per heavy atom. The van der Waals surface area contributed by atoms with E-state index in [0.29, 0.717) is 18.8 Å². The molecule has 2 unspecified atom stereocenters. The highest BCUT2D eigenvalue weighted by Gasteiger charge is 2.36. The van der Waals surface area contributed by atoms with Crippen LogP contribution in [-0.2, 0) is 20.4 Å². The van der Waals surface area contributed by atoms with Gasteiger partial charge < -0.3 is 5.32 Å². The van der Waals surface area contributed by atoms with Crippen molar-refractivity contribution in [2.24, 2.45) is 0 Å². The third kappa shape index (κ3) is 3.10. The molecule has 2 atom stereocenters. The maximum atomic E-state index is 11.6. The lowest BCUT2D eigenvalue weighted by atomic mass is 10.2. The van der Waals surface area contributed by atoms with E-state index < -0.39 is 16.8 Å². The van der Waals surface area contributed by atoms with E-state index in [-0.39, 0.29) is 18.2 Å². The second-order valence-corrected chi connectivity index (χ2v) is 5.02. The predicted molar refractivity (Wildman–Crippen MR) is 57.7 cm³/mol. The molecule has 1 aliphatic rings. The zero-order valence-corrected chi connectivity index (χ0v) is 9.80. The normalized spacial score (nSPS) is 23.6. The van der Waals surface area contributed by atoms with Crippen LogP contribution >= 0.6 is 0 Å². The zero-order chi connectivity index (χ0) is 11.4. The van der Waals surface area contributed by atoms with Gasteiger partial charge in [0.05, 0.1) is 12.5 Å². The standard InChI is InChI=1S/C9H16N2O3S/c1-3-11-8(12)6-7(9(11)13)10-4-5-15(2)14/h7,10H,3-6H2,1-2H3. The largest absolute Gasteiger partial charge is 0.305 e. The van der Waals surface area contributed by atoms with Crippen molar-refractivity contribution in [2.75, 3.05) is 25.1 Å². The molecule has 1 N–H and O–H groups in total. The summed E-state index contributed by atoms with van der Waals surface area (Å²) in [5.41, 5.74) is 0. The molecule has 5 nitrogen and oxygen atoms in total. The molecule has 0 bridgehead atoms. The highest BCUT2D eigenvalue weighted by Crippen LogP contribution is 2.11. The second-order valence-electron chi connectivity index (χ2n) is 3.46. The molecule has 0 radical (unpaired) electrons. The minimum absolute atomic E-state index is 0.127. The number of likely N-dealkylation sites (N-methyl/N-ethyl adjacent to an activating group) is 1. The van der Waals surface area contributed by atoms with Gasteiger partial charge in [-0.25, -0.2) is 0 Å². The first-order chi connectivity index (χ1) is 7.06. The number of amides is 2. The second kappa shape index (κ2) is 5.37. The number of rotatable bonds is 5. The number of imide groups is 1. The van der Waals surface area contributed by atoms with Crippen LogP contribution in [0.15, 0.2) is 0 Å². The number of likely N-dealkylation sites (tertiary alicyclic amines) is 1. The van der Waals surface area contributed by atoms with Crippen molar-refractivity contribution in [3.8, 4) is 0 Å². The van der Waals surface area contributed by atoms with E-state index in [4.69, 9.17) is 0 Å². The van der Waals surface area contributed by atoms with Gasteiger partial charge in [0.2, 0.25) is 11.8 Å². The summed E-state index contributed by atoms with van der Waals surface area (Å²) in [7, 11) is -0.868. The number of hydrogen-bond donors (Lipinski definition) is 1. The molecular weight excluding hydrogens is 216 g/mol. The van der Waals surface area contributed by atoms with Crippen molar-refractivity contribution in [1.29, 1.82) is 0 Å². The molecular formula is C9H16N2O3S. The van der Waals surface area contributed by atoms with Crippen LogP contribution in [-0.4, -0.2) is 52.1 Å². The molecule has 0 aromatic heterocycles. The van der Waals surface area contributed by atoms with E-state index in [1.807, 2.05) is 0 Å². The van der Waals surface area contributed by atoms with Crippen molar-refractivity contribution < 1.29 is 13.8 Å². The van der Waals surface area contributed by atoms with E-state index in [0.717, 1.165) is 0 Å². The fraction of sp³-hybridized carbons (Fsp3) is 0.778. The predicted octanol–water partition coefficient (Wildman–Crippen LogP) is -0.898. The minimum atomic E-state index is -0.868. The first-order valence-corrected chi connectivity index (χ1v) is 6.66. The molecule has 1 fully saturated rings. The lowest BCUT2D eigenvalue weighted by Crippen LogP contribution is -2.40. The summed E-state index contributed by atoms with van der Waals surface area (Å²) in [5.74, 6) is 0.214. The molecule has 0 spiro atoms. The van der Waals surface area contributed by atoms with Gasteiger partial charge in [-0.05, 0) is 6.92 Å². The molecule has 1 aliphatic heterocycles. The topological polar surface area (TPSA) is 66.5 Å². The highest BCUT2D eigenvalue weighted by molar-refractivity contribution is 7.84. The lowest BCUT2D eigenvalue weighted by Gasteiger charge is -2.12. The maximum Gasteiger partial charge on any atom is 0.246 e. The summed E-state index contributed by atoms with van der Waals surface area (Å²) in [6, 6.07) is -0.416. The van der Waals surface area contributed by atoms with Crippen molar-refractivity contribution >= 4 is 22.6 Å². The van der Waals surface area contributed by atoms with E-state index in [2.05, 4.69) is 5.32 Å². The molecule has 86 valence electrons. The van der Waals surface area contributed by atoms with Crippen molar-refractivity contribution in [3.63, 3.8) is 0 Å². The molecule has 1 saturated heterocycles. The van der Waals surface area contributed by atoms with Gasteiger partial charge in [-0.3, -0.25) is 18.7 Å². The molecule has 0 aromatic rings. The number of carbonyl (C=O) groups excluding carboxylic acids is 2. The Labute approximate surface area is 91.7 Å². The molecule has 2 amide bonds. The van der Waals surface area contributed by atoms with Gasteiger partial charge in [0.15, 0.2) is 0 Å². The van der Waals surface area contributed by atoms with Gasteiger partial charge in [-0.2, -0.15) is 0 Å². The zero-order valence-electron chi connectivity index (χ0n) is 8.99. The first kappa shape index (κ1) is 12.3. The summed E-state index contributed by atoms with van der Waals surface area (Å²) < 4.78 is 10.8. The Hall–Kier alpha value is -0.750. The SMILES string of the molecule is CCN1C(=O)CC(NCCS(C)=O)C1=O. The third-order valence-electron chi connectivity index (χ3n) is 2.34. The van der Waals surface area contributed by atoms with Gasteiger partial charge in [0.1, 0.15) is 0 Å². The van der Waals surface area contributed by atoms with Gasteiger partial charge >= 0.3 is 0 Å². The van der Waals surface area contributed by atoms with Crippen LogP contribution in [0, 0.1) is 0 Å².